The number of pyridine rings is 1. The second-order valence-corrected chi connectivity index (χ2v) is 17.3. The molecule has 9 aromatic carbocycles. The first kappa shape index (κ1) is 38.0. The highest BCUT2D eigenvalue weighted by atomic mass is 16.3. The summed E-state index contributed by atoms with van der Waals surface area (Å²) in [5.41, 5.74) is 13.5. The SMILES string of the molecule is CCC1C(c2ccc3c(c2)oc2cc(-c4ccc5nc(-c6c7ccccc7c(-c7ccccc7)c7ccccc67)ccc5c4)ccc23)=NC(C)(c2ccccc2)NC1c1ccccc1. The Hall–Kier alpha value is -7.66. The molecule has 0 fully saturated rings. The van der Waals surface area contributed by atoms with Crippen molar-refractivity contribution in [2.45, 2.75) is 32.0 Å². The molecule has 3 atom stereocenters. The van der Waals surface area contributed by atoms with Crippen LogP contribution in [0.2, 0.25) is 0 Å². The zero-order valence-electron chi connectivity index (χ0n) is 35.8. The first-order valence-corrected chi connectivity index (χ1v) is 22.4. The standard InChI is InChI=1S/C60H45N3O/c1-3-45-58(39-19-9-5-10-20-39)62-60(2,44-21-11-6-12-22-44)63-59(45)43-28-32-47-46-31-27-41(36-54(46)64-55(47)37-43)40-29-33-52-42(35-40)30-34-53(61-52)57-50-25-15-13-23-48(50)56(38-17-7-4-8-18-38)49-24-14-16-26-51(49)57/h4-37,45,58,62H,3H2,1-2H3. The molecule has 12 rings (SSSR count). The lowest BCUT2D eigenvalue weighted by Crippen LogP contribution is -2.50. The molecule has 11 aromatic rings. The number of furan rings is 1. The summed E-state index contributed by atoms with van der Waals surface area (Å²) in [6.07, 6.45) is 0.941. The molecular formula is C60H45N3O. The van der Waals surface area contributed by atoms with E-state index >= 15 is 0 Å². The molecule has 2 aromatic heterocycles. The van der Waals surface area contributed by atoms with E-state index in [2.05, 4.69) is 225 Å². The number of hydrogen-bond donors (Lipinski definition) is 1. The predicted molar refractivity (Wildman–Crippen MR) is 267 cm³/mol. The number of benzene rings is 9. The molecule has 64 heavy (non-hydrogen) atoms. The van der Waals surface area contributed by atoms with Crippen molar-refractivity contribution < 1.29 is 4.42 Å². The quantitative estimate of drug-likeness (QED) is 0.163. The minimum Gasteiger partial charge on any atom is -0.456 e. The van der Waals surface area contributed by atoms with Crippen LogP contribution in [-0.4, -0.2) is 10.7 Å². The smallest absolute Gasteiger partial charge is 0.136 e. The molecule has 0 amide bonds. The van der Waals surface area contributed by atoms with Gasteiger partial charge >= 0.3 is 0 Å². The minimum absolute atomic E-state index is 0.0906. The van der Waals surface area contributed by atoms with Crippen molar-refractivity contribution in [2.75, 3.05) is 0 Å². The number of nitrogens with zero attached hydrogens (tertiary/aromatic N) is 2. The minimum atomic E-state index is -0.603. The summed E-state index contributed by atoms with van der Waals surface area (Å²) in [7, 11) is 0. The van der Waals surface area contributed by atoms with Gasteiger partial charge in [0.1, 0.15) is 16.8 Å². The van der Waals surface area contributed by atoms with Gasteiger partial charge in [0.2, 0.25) is 0 Å². The molecule has 0 saturated heterocycles. The van der Waals surface area contributed by atoms with E-state index in [0.29, 0.717) is 0 Å². The first-order chi connectivity index (χ1) is 31.5. The van der Waals surface area contributed by atoms with Crippen molar-refractivity contribution in [2.24, 2.45) is 10.9 Å². The average Bonchev–Trinajstić information content (AvgIpc) is 3.73. The summed E-state index contributed by atoms with van der Waals surface area (Å²) in [5.74, 6) is 0.171. The molecule has 0 spiro atoms. The fraction of sp³-hybridized carbons (Fsp3) is 0.100. The maximum Gasteiger partial charge on any atom is 0.136 e. The van der Waals surface area contributed by atoms with Crippen LogP contribution in [0.15, 0.2) is 216 Å². The van der Waals surface area contributed by atoms with Gasteiger partial charge in [-0.1, -0.05) is 171 Å². The maximum absolute atomic E-state index is 6.74. The van der Waals surface area contributed by atoms with Crippen LogP contribution in [0.25, 0.3) is 87.9 Å². The Labute approximate surface area is 372 Å². The molecule has 1 aliphatic heterocycles. The second kappa shape index (κ2) is 15.3. The maximum atomic E-state index is 6.74. The molecule has 0 bridgehead atoms. The average molecular weight is 824 g/mol. The highest BCUT2D eigenvalue weighted by molar-refractivity contribution is 6.21. The first-order valence-electron chi connectivity index (χ1n) is 22.4. The van der Waals surface area contributed by atoms with Gasteiger partial charge in [-0.2, -0.15) is 0 Å². The van der Waals surface area contributed by atoms with Crippen LogP contribution in [0, 0.1) is 5.92 Å². The van der Waals surface area contributed by atoms with Gasteiger partial charge in [0.05, 0.1) is 11.2 Å². The second-order valence-electron chi connectivity index (χ2n) is 17.3. The van der Waals surface area contributed by atoms with Crippen molar-refractivity contribution >= 4 is 60.1 Å². The van der Waals surface area contributed by atoms with Crippen molar-refractivity contribution in [3.8, 4) is 33.5 Å². The molecule has 3 heterocycles. The Bertz CT molecular complexity index is 3540. The highest BCUT2D eigenvalue weighted by Crippen LogP contribution is 2.44. The number of aliphatic imine (C=N–C) groups is 1. The van der Waals surface area contributed by atoms with Gasteiger partial charge in [0.25, 0.3) is 0 Å². The number of fused-ring (bicyclic) bond motifs is 6. The van der Waals surface area contributed by atoms with Crippen LogP contribution in [0.5, 0.6) is 0 Å². The molecule has 1 aliphatic rings. The Morgan fingerprint density at radius 2 is 1.05 bits per heavy atom. The van der Waals surface area contributed by atoms with Crippen LogP contribution in [0.3, 0.4) is 0 Å². The summed E-state index contributed by atoms with van der Waals surface area (Å²) in [5, 5.41) is 12.1. The topological polar surface area (TPSA) is 50.4 Å². The van der Waals surface area contributed by atoms with Gasteiger partial charge in [0, 0.05) is 39.4 Å². The third-order valence-corrected chi connectivity index (χ3v) is 13.5. The van der Waals surface area contributed by atoms with Crippen LogP contribution in [0.4, 0.5) is 0 Å². The van der Waals surface area contributed by atoms with E-state index < -0.39 is 5.66 Å². The lowest BCUT2D eigenvalue weighted by molar-refractivity contribution is 0.268. The van der Waals surface area contributed by atoms with Gasteiger partial charge in [-0.05, 0) is 116 Å². The van der Waals surface area contributed by atoms with Crippen LogP contribution in [-0.2, 0) is 5.66 Å². The number of hydrogen-bond acceptors (Lipinski definition) is 4. The Morgan fingerprint density at radius 1 is 0.500 bits per heavy atom. The van der Waals surface area contributed by atoms with Gasteiger partial charge < -0.3 is 4.42 Å². The lowest BCUT2D eigenvalue weighted by atomic mass is 9.80. The van der Waals surface area contributed by atoms with Crippen LogP contribution < -0.4 is 5.32 Å². The Morgan fingerprint density at radius 3 is 1.70 bits per heavy atom. The number of aromatic nitrogens is 1. The molecule has 4 heteroatoms. The van der Waals surface area contributed by atoms with Crippen LogP contribution >= 0.6 is 0 Å². The third kappa shape index (κ3) is 6.33. The predicted octanol–water partition coefficient (Wildman–Crippen LogP) is 15.5. The van der Waals surface area contributed by atoms with E-state index in [4.69, 9.17) is 14.4 Å². The summed E-state index contributed by atoms with van der Waals surface area (Å²) in [6.45, 7) is 4.46. The molecular weight excluding hydrogens is 779 g/mol. The number of rotatable bonds is 7. The van der Waals surface area contributed by atoms with Crippen molar-refractivity contribution in [3.63, 3.8) is 0 Å². The zero-order valence-corrected chi connectivity index (χ0v) is 35.8. The summed E-state index contributed by atoms with van der Waals surface area (Å²) >= 11 is 0. The van der Waals surface area contributed by atoms with Gasteiger partial charge in [0.15, 0.2) is 0 Å². The van der Waals surface area contributed by atoms with E-state index in [1.54, 1.807) is 0 Å². The molecule has 0 aliphatic carbocycles. The fourth-order valence-corrected chi connectivity index (χ4v) is 10.4. The van der Waals surface area contributed by atoms with Crippen molar-refractivity contribution in [3.05, 3.63) is 223 Å². The van der Waals surface area contributed by atoms with Crippen molar-refractivity contribution in [1.82, 2.24) is 10.3 Å². The lowest BCUT2D eigenvalue weighted by Gasteiger charge is -2.42. The molecule has 0 saturated carbocycles. The van der Waals surface area contributed by atoms with E-state index in [-0.39, 0.29) is 12.0 Å². The molecule has 306 valence electrons. The summed E-state index contributed by atoms with van der Waals surface area (Å²) in [4.78, 5) is 10.9. The zero-order chi connectivity index (χ0) is 42.8. The van der Waals surface area contributed by atoms with Gasteiger partial charge in [-0.25, -0.2) is 4.98 Å². The third-order valence-electron chi connectivity index (χ3n) is 13.5. The highest BCUT2D eigenvalue weighted by Gasteiger charge is 2.40. The van der Waals surface area contributed by atoms with Crippen LogP contribution in [0.1, 0.15) is 43.0 Å². The fourth-order valence-electron chi connectivity index (χ4n) is 10.4. The Kier molecular flexibility index (Phi) is 9.10. The summed E-state index contributed by atoms with van der Waals surface area (Å²) < 4.78 is 6.74. The monoisotopic (exact) mass is 823 g/mol. The molecule has 0 radical (unpaired) electrons. The van der Waals surface area contributed by atoms with Crippen molar-refractivity contribution in [1.29, 1.82) is 0 Å². The molecule has 3 unspecified atom stereocenters. The van der Waals surface area contributed by atoms with E-state index in [9.17, 15) is 0 Å². The van der Waals surface area contributed by atoms with Gasteiger partial charge in [-0.3, -0.25) is 10.3 Å². The normalized spacial score (nSPS) is 17.7. The Balaban J connectivity index is 0.911. The van der Waals surface area contributed by atoms with E-state index in [1.165, 1.54) is 38.2 Å². The van der Waals surface area contributed by atoms with E-state index in [0.717, 1.165) is 78.5 Å². The molecule has 4 nitrogen and oxygen atoms in total. The molecule has 1 N–H and O–H groups in total. The largest absolute Gasteiger partial charge is 0.456 e. The summed E-state index contributed by atoms with van der Waals surface area (Å²) in [6, 6.07) is 73.9. The van der Waals surface area contributed by atoms with E-state index in [1.807, 2.05) is 0 Å². The number of nitrogens with one attached hydrogen (secondary N) is 1. The van der Waals surface area contributed by atoms with Gasteiger partial charge in [-0.15, -0.1) is 0 Å².